The molecule has 0 radical (unpaired) electrons. The van der Waals surface area contributed by atoms with E-state index >= 15 is 0 Å². The second-order valence-corrected chi connectivity index (χ2v) is 6.73. The summed E-state index contributed by atoms with van der Waals surface area (Å²) in [6.45, 7) is 4.28. The van der Waals surface area contributed by atoms with Crippen LogP contribution in [0.15, 0.2) is 60.8 Å². The van der Waals surface area contributed by atoms with Gasteiger partial charge in [-0.15, -0.1) is 0 Å². The van der Waals surface area contributed by atoms with Crippen molar-refractivity contribution in [2.75, 3.05) is 19.5 Å². The van der Waals surface area contributed by atoms with E-state index in [-0.39, 0.29) is 5.91 Å². The molecule has 5 heteroatoms. The Kier molecular flexibility index (Phi) is 5.94. The highest BCUT2D eigenvalue weighted by atomic mass is 16.5. The van der Waals surface area contributed by atoms with Gasteiger partial charge in [-0.05, 0) is 53.9 Å². The first-order valence-electron chi connectivity index (χ1n) is 9.11. The predicted molar refractivity (Wildman–Crippen MR) is 111 cm³/mol. The fraction of sp³-hybridized carbons (Fsp3) is 0.217. The Morgan fingerprint density at radius 2 is 1.64 bits per heavy atom. The van der Waals surface area contributed by atoms with Crippen molar-refractivity contribution in [2.45, 2.75) is 19.8 Å². The van der Waals surface area contributed by atoms with Crippen molar-refractivity contribution in [2.24, 2.45) is 0 Å². The maximum Gasteiger partial charge on any atom is 0.257 e. The van der Waals surface area contributed by atoms with Gasteiger partial charge in [0.1, 0.15) is 0 Å². The minimum absolute atomic E-state index is 0.191. The van der Waals surface area contributed by atoms with Crippen molar-refractivity contribution in [3.8, 4) is 22.8 Å². The normalized spacial score (nSPS) is 10.6. The number of benzene rings is 2. The maximum atomic E-state index is 12.5. The Morgan fingerprint density at radius 1 is 0.929 bits per heavy atom. The van der Waals surface area contributed by atoms with Crippen LogP contribution in [0.4, 0.5) is 5.69 Å². The van der Waals surface area contributed by atoms with Gasteiger partial charge in [0.15, 0.2) is 11.5 Å². The van der Waals surface area contributed by atoms with Gasteiger partial charge in [0.2, 0.25) is 0 Å². The fourth-order valence-electron chi connectivity index (χ4n) is 2.85. The number of methoxy groups -OCH3 is 2. The molecule has 0 saturated carbocycles. The summed E-state index contributed by atoms with van der Waals surface area (Å²) in [4.78, 5) is 16.9. The third-order valence-electron chi connectivity index (χ3n) is 4.54. The molecule has 0 unspecified atom stereocenters. The van der Waals surface area contributed by atoms with Crippen molar-refractivity contribution < 1.29 is 14.3 Å². The first kappa shape index (κ1) is 19.4. The van der Waals surface area contributed by atoms with Gasteiger partial charge in [0.25, 0.3) is 5.91 Å². The van der Waals surface area contributed by atoms with Crippen LogP contribution < -0.4 is 14.8 Å². The number of carbonyl (C=O) groups is 1. The van der Waals surface area contributed by atoms with Crippen LogP contribution in [0, 0.1) is 0 Å². The number of amides is 1. The molecule has 2 aromatic carbocycles. The average molecular weight is 376 g/mol. The van der Waals surface area contributed by atoms with E-state index in [2.05, 4.69) is 24.1 Å². The Balaban J connectivity index is 1.74. The van der Waals surface area contributed by atoms with Crippen LogP contribution in [0.5, 0.6) is 11.5 Å². The van der Waals surface area contributed by atoms with Crippen LogP contribution in [-0.2, 0) is 0 Å². The largest absolute Gasteiger partial charge is 0.493 e. The van der Waals surface area contributed by atoms with Crippen LogP contribution in [0.2, 0.25) is 0 Å². The van der Waals surface area contributed by atoms with Crippen LogP contribution in [-0.4, -0.2) is 25.1 Å². The first-order valence-corrected chi connectivity index (χ1v) is 9.11. The molecule has 3 aromatic rings. The van der Waals surface area contributed by atoms with Crippen LogP contribution in [0.25, 0.3) is 11.3 Å². The number of hydrogen-bond donors (Lipinski definition) is 1. The van der Waals surface area contributed by atoms with Gasteiger partial charge in [0, 0.05) is 17.4 Å². The first-order chi connectivity index (χ1) is 13.5. The number of ether oxygens (including phenoxy) is 2. The van der Waals surface area contributed by atoms with Crippen molar-refractivity contribution in [1.29, 1.82) is 0 Å². The number of aromatic nitrogens is 1. The molecule has 0 aliphatic carbocycles. The van der Waals surface area contributed by atoms with Gasteiger partial charge in [0.05, 0.1) is 25.5 Å². The third kappa shape index (κ3) is 4.31. The fourth-order valence-corrected chi connectivity index (χ4v) is 2.85. The average Bonchev–Trinajstić information content (AvgIpc) is 2.73. The summed E-state index contributed by atoms with van der Waals surface area (Å²) in [6, 6.07) is 17.1. The molecular weight excluding hydrogens is 352 g/mol. The summed E-state index contributed by atoms with van der Waals surface area (Å²) in [6.07, 6.45) is 1.57. The highest BCUT2D eigenvalue weighted by Gasteiger charge is 2.10. The number of nitrogens with zero attached hydrogens (tertiary/aromatic N) is 1. The lowest BCUT2D eigenvalue weighted by molar-refractivity contribution is 0.102. The van der Waals surface area contributed by atoms with Crippen molar-refractivity contribution >= 4 is 11.6 Å². The van der Waals surface area contributed by atoms with Gasteiger partial charge in [-0.1, -0.05) is 26.0 Å². The van der Waals surface area contributed by atoms with Crippen LogP contribution in [0.3, 0.4) is 0 Å². The SMILES string of the molecule is COc1ccc(-c2ccc(C(=O)Nc3ccc(C(C)C)cc3)cn2)cc1OC. The van der Waals surface area contributed by atoms with Gasteiger partial charge in [-0.2, -0.15) is 0 Å². The topological polar surface area (TPSA) is 60.5 Å². The quantitative estimate of drug-likeness (QED) is 0.647. The molecule has 0 atom stereocenters. The monoisotopic (exact) mass is 376 g/mol. The van der Waals surface area contributed by atoms with E-state index in [9.17, 15) is 4.79 Å². The lowest BCUT2D eigenvalue weighted by Crippen LogP contribution is -2.12. The van der Waals surface area contributed by atoms with Gasteiger partial charge >= 0.3 is 0 Å². The summed E-state index contributed by atoms with van der Waals surface area (Å²) in [5, 5.41) is 2.90. The zero-order chi connectivity index (χ0) is 20.1. The molecule has 5 nitrogen and oxygen atoms in total. The summed E-state index contributed by atoms with van der Waals surface area (Å²) >= 11 is 0. The van der Waals surface area contributed by atoms with E-state index < -0.39 is 0 Å². The highest BCUT2D eigenvalue weighted by molar-refractivity contribution is 6.04. The summed E-state index contributed by atoms with van der Waals surface area (Å²) in [7, 11) is 3.19. The zero-order valence-corrected chi connectivity index (χ0v) is 16.5. The minimum atomic E-state index is -0.191. The number of rotatable bonds is 6. The van der Waals surface area contributed by atoms with Gasteiger partial charge in [-0.25, -0.2) is 0 Å². The predicted octanol–water partition coefficient (Wildman–Crippen LogP) is 5.14. The highest BCUT2D eigenvalue weighted by Crippen LogP contribution is 2.31. The van der Waals surface area contributed by atoms with Crippen LogP contribution >= 0.6 is 0 Å². The number of hydrogen-bond acceptors (Lipinski definition) is 4. The van der Waals surface area contributed by atoms with E-state index in [1.807, 2.05) is 48.5 Å². The zero-order valence-electron chi connectivity index (χ0n) is 16.5. The summed E-state index contributed by atoms with van der Waals surface area (Å²) in [5.41, 5.74) is 4.13. The molecule has 0 aliphatic heterocycles. The smallest absolute Gasteiger partial charge is 0.257 e. The number of pyridine rings is 1. The van der Waals surface area contributed by atoms with E-state index in [1.165, 1.54) is 5.56 Å². The molecule has 0 fully saturated rings. The lowest BCUT2D eigenvalue weighted by atomic mass is 10.0. The Hall–Kier alpha value is -3.34. The van der Waals surface area contributed by atoms with Crippen molar-refractivity contribution in [3.05, 3.63) is 71.9 Å². The molecule has 1 amide bonds. The van der Waals surface area contributed by atoms with E-state index in [0.717, 1.165) is 16.9 Å². The minimum Gasteiger partial charge on any atom is -0.493 e. The Morgan fingerprint density at radius 3 is 2.21 bits per heavy atom. The third-order valence-corrected chi connectivity index (χ3v) is 4.54. The molecule has 0 saturated heterocycles. The summed E-state index contributed by atoms with van der Waals surface area (Å²) in [5.74, 6) is 1.56. The Bertz CT molecular complexity index is 949. The Labute approximate surface area is 165 Å². The molecule has 1 N–H and O–H groups in total. The molecule has 1 aromatic heterocycles. The van der Waals surface area contributed by atoms with E-state index in [0.29, 0.717) is 23.0 Å². The van der Waals surface area contributed by atoms with E-state index in [4.69, 9.17) is 9.47 Å². The second-order valence-electron chi connectivity index (χ2n) is 6.73. The van der Waals surface area contributed by atoms with Gasteiger partial charge in [-0.3, -0.25) is 9.78 Å². The van der Waals surface area contributed by atoms with E-state index in [1.54, 1.807) is 26.5 Å². The van der Waals surface area contributed by atoms with Gasteiger partial charge < -0.3 is 14.8 Å². The summed E-state index contributed by atoms with van der Waals surface area (Å²) < 4.78 is 10.6. The molecular formula is C23H24N2O3. The molecule has 28 heavy (non-hydrogen) atoms. The van der Waals surface area contributed by atoms with Crippen molar-refractivity contribution in [3.63, 3.8) is 0 Å². The molecule has 0 bridgehead atoms. The lowest BCUT2D eigenvalue weighted by Gasteiger charge is -2.10. The van der Waals surface area contributed by atoms with Crippen LogP contribution in [0.1, 0.15) is 35.7 Å². The molecule has 0 spiro atoms. The molecule has 1 heterocycles. The number of anilines is 1. The molecule has 144 valence electrons. The standard InChI is InChI=1S/C23H24N2O3/c1-15(2)16-5-9-19(10-6-16)25-23(26)18-7-11-20(24-14-18)17-8-12-21(27-3)22(13-17)28-4/h5-15H,1-4H3,(H,25,26). The maximum absolute atomic E-state index is 12.5. The molecule has 0 aliphatic rings. The number of nitrogens with one attached hydrogen (secondary N) is 1. The molecule has 3 rings (SSSR count). The second kappa shape index (κ2) is 8.57. The van der Waals surface area contributed by atoms with Crippen molar-refractivity contribution in [1.82, 2.24) is 4.98 Å². The number of carbonyl (C=O) groups excluding carboxylic acids is 1.